The summed E-state index contributed by atoms with van der Waals surface area (Å²) in [7, 11) is 4.09. The van der Waals surface area contributed by atoms with Gasteiger partial charge >= 0.3 is 0 Å². The van der Waals surface area contributed by atoms with E-state index in [0.717, 1.165) is 36.9 Å². The Kier molecular flexibility index (Phi) is 4.57. The quantitative estimate of drug-likeness (QED) is 0.671. The molecule has 0 unspecified atom stereocenters. The number of nitrogens with zero attached hydrogens (tertiary/aromatic N) is 1. The summed E-state index contributed by atoms with van der Waals surface area (Å²) < 4.78 is 1.63. The van der Waals surface area contributed by atoms with Gasteiger partial charge in [0.05, 0.1) is 26.2 Å². The van der Waals surface area contributed by atoms with Crippen molar-refractivity contribution in [2.45, 2.75) is 25.8 Å². The molecule has 0 saturated carbocycles. The zero-order valence-corrected chi connectivity index (χ0v) is 14.2. The highest BCUT2D eigenvalue weighted by Crippen LogP contribution is 2.31. The number of carbonyl (C=O) groups is 1. The number of amides is 1. The van der Waals surface area contributed by atoms with Crippen LogP contribution in [0.2, 0.25) is 0 Å². The van der Waals surface area contributed by atoms with E-state index >= 15 is 0 Å². The summed E-state index contributed by atoms with van der Waals surface area (Å²) in [6, 6.07) is 5.60. The molecular formula is C18H24N3O3+. The molecule has 0 fully saturated rings. The largest absolute Gasteiger partial charge is 0.506 e. The zero-order chi connectivity index (χ0) is 17.3. The number of para-hydroxylation sites is 1. The van der Waals surface area contributed by atoms with Crippen LogP contribution in [-0.2, 0) is 13.0 Å². The molecule has 2 aromatic rings. The van der Waals surface area contributed by atoms with Crippen LogP contribution >= 0.6 is 0 Å². The van der Waals surface area contributed by atoms with Crippen LogP contribution in [0.5, 0.6) is 5.75 Å². The number of hydrogen-bond donors (Lipinski definition) is 3. The van der Waals surface area contributed by atoms with Gasteiger partial charge in [-0.15, -0.1) is 0 Å². The molecule has 1 aliphatic rings. The van der Waals surface area contributed by atoms with Crippen molar-refractivity contribution >= 4 is 16.8 Å². The van der Waals surface area contributed by atoms with Crippen LogP contribution in [0.15, 0.2) is 23.0 Å². The SMILES string of the molecule is C[NH+](C)CCCNC(=O)c1c(O)c2cccc3c2n(c1=O)CCC3. The minimum absolute atomic E-state index is 0.140. The fourth-order valence-corrected chi connectivity index (χ4v) is 3.35. The van der Waals surface area contributed by atoms with E-state index in [1.54, 1.807) is 10.6 Å². The molecule has 1 aromatic carbocycles. The van der Waals surface area contributed by atoms with Gasteiger partial charge in [0, 0.05) is 24.9 Å². The summed E-state index contributed by atoms with van der Waals surface area (Å²) in [6.45, 7) is 2.00. The van der Waals surface area contributed by atoms with E-state index in [2.05, 4.69) is 5.32 Å². The Balaban J connectivity index is 1.97. The molecule has 1 aliphatic heterocycles. The highest BCUT2D eigenvalue weighted by molar-refractivity contribution is 6.02. The first-order valence-electron chi connectivity index (χ1n) is 8.45. The van der Waals surface area contributed by atoms with Gasteiger partial charge in [0.2, 0.25) is 0 Å². The molecule has 0 atom stereocenters. The fraction of sp³-hybridized carbons (Fsp3) is 0.444. The summed E-state index contributed by atoms with van der Waals surface area (Å²) in [6.07, 6.45) is 2.57. The molecule has 3 N–H and O–H groups in total. The Morgan fingerprint density at radius 1 is 1.38 bits per heavy atom. The van der Waals surface area contributed by atoms with E-state index in [4.69, 9.17) is 0 Å². The van der Waals surface area contributed by atoms with E-state index in [-0.39, 0.29) is 11.3 Å². The second-order valence-corrected chi connectivity index (χ2v) is 6.66. The maximum atomic E-state index is 12.7. The van der Waals surface area contributed by atoms with Gasteiger partial charge in [0.25, 0.3) is 11.5 Å². The number of quaternary nitrogens is 1. The zero-order valence-electron chi connectivity index (χ0n) is 14.2. The highest BCUT2D eigenvalue weighted by atomic mass is 16.3. The summed E-state index contributed by atoms with van der Waals surface area (Å²) in [5.74, 6) is -0.696. The minimum Gasteiger partial charge on any atom is -0.506 e. The summed E-state index contributed by atoms with van der Waals surface area (Å²) in [5, 5.41) is 13.9. The van der Waals surface area contributed by atoms with Crippen LogP contribution in [0.1, 0.15) is 28.8 Å². The number of aromatic nitrogens is 1. The van der Waals surface area contributed by atoms with E-state index < -0.39 is 11.5 Å². The predicted octanol–water partition coefficient (Wildman–Crippen LogP) is -0.0823. The molecule has 0 bridgehead atoms. The fourth-order valence-electron chi connectivity index (χ4n) is 3.35. The van der Waals surface area contributed by atoms with E-state index in [1.165, 1.54) is 4.90 Å². The maximum absolute atomic E-state index is 12.7. The van der Waals surface area contributed by atoms with Crippen molar-refractivity contribution in [3.8, 4) is 5.75 Å². The van der Waals surface area contributed by atoms with Crippen LogP contribution in [0.3, 0.4) is 0 Å². The normalized spacial score (nSPS) is 13.5. The molecule has 0 radical (unpaired) electrons. The summed E-state index contributed by atoms with van der Waals surface area (Å²) in [5.41, 5.74) is 1.27. The Morgan fingerprint density at radius 2 is 2.17 bits per heavy atom. The van der Waals surface area contributed by atoms with Crippen molar-refractivity contribution in [1.29, 1.82) is 0 Å². The molecule has 6 heteroatoms. The molecule has 2 heterocycles. The third kappa shape index (κ3) is 2.89. The molecule has 24 heavy (non-hydrogen) atoms. The summed E-state index contributed by atoms with van der Waals surface area (Å²) in [4.78, 5) is 26.5. The molecule has 3 rings (SSSR count). The third-order valence-electron chi connectivity index (χ3n) is 4.53. The van der Waals surface area contributed by atoms with Gasteiger partial charge in [-0.25, -0.2) is 0 Å². The van der Waals surface area contributed by atoms with Crippen LogP contribution in [0.4, 0.5) is 0 Å². The molecule has 6 nitrogen and oxygen atoms in total. The molecule has 0 aliphatic carbocycles. The number of carbonyl (C=O) groups excluding carboxylic acids is 1. The first kappa shape index (κ1) is 16.5. The molecular weight excluding hydrogens is 306 g/mol. The number of aromatic hydroxyl groups is 1. The van der Waals surface area contributed by atoms with Crippen molar-refractivity contribution in [1.82, 2.24) is 9.88 Å². The van der Waals surface area contributed by atoms with Crippen molar-refractivity contribution < 1.29 is 14.8 Å². The molecule has 0 saturated heterocycles. The molecule has 0 spiro atoms. The van der Waals surface area contributed by atoms with E-state index in [9.17, 15) is 14.7 Å². The van der Waals surface area contributed by atoms with Crippen molar-refractivity contribution in [2.75, 3.05) is 27.2 Å². The van der Waals surface area contributed by atoms with Crippen LogP contribution in [-0.4, -0.2) is 42.8 Å². The smallest absolute Gasteiger partial charge is 0.267 e. The van der Waals surface area contributed by atoms with Crippen LogP contribution < -0.4 is 15.8 Å². The molecule has 128 valence electrons. The third-order valence-corrected chi connectivity index (χ3v) is 4.53. The van der Waals surface area contributed by atoms with Gasteiger partial charge in [-0.3, -0.25) is 9.59 Å². The minimum atomic E-state index is -0.493. The number of rotatable bonds is 5. The van der Waals surface area contributed by atoms with Gasteiger partial charge < -0.3 is 19.9 Å². The lowest BCUT2D eigenvalue weighted by Gasteiger charge is -2.21. The number of aryl methyl sites for hydroxylation is 2. The first-order valence-corrected chi connectivity index (χ1v) is 8.45. The second kappa shape index (κ2) is 6.65. The standard InChI is InChI=1S/C18H23N3O3/c1-20(2)10-5-9-19-17(23)14-16(22)13-8-3-6-12-7-4-11-21(15(12)13)18(14)24/h3,6,8,22H,4-5,7,9-11H2,1-2H3,(H,19,23)/p+1. The van der Waals surface area contributed by atoms with E-state index in [1.807, 2.05) is 26.2 Å². The van der Waals surface area contributed by atoms with Crippen LogP contribution in [0, 0.1) is 0 Å². The monoisotopic (exact) mass is 330 g/mol. The molecule has 1 aromatic heterocycles. The maximum Gasteiger partial charge on any atom is 0.267 e. The number of pyridine rings is 1. The topological polar surface area (TPSA) is 75.8 Å². The first-order chi connectivity index (χ1) is 11.5. The van der Waals surface area contributed by atoms with Gasteiger partial charge in [0.1, 0.15) is 11.3 Å². The lowest BCUT2D eigenvalue weighted by atomic mass is 9.99. The summed E-state index contributed by atoms with van der Waals surface area (Å²) >= 11 is 0. The average molecular weight is 330 g/mol. The average Bonchev–Trinajstić information content (AvgIpc) is 2.56. The van der Waals surface area contributed by atoms with Gasteiger partial charge in [-0.1, -0.05) is 12.1 Å². The Labute approximate surface area is 140 Å². The molecule has 1 amide bonds. The number of benzene rings is 1. The van der Waals surface area contributed by atoms with Gasteiger partial charge in [-0.05, 0) is 24.5 Å². The van der Waals surface area contributed by atoms with Gasteiger partial charge in [-0.2, -0.15) is 0 Å². The second-order valence-electron chi connectivity index (χ2n) is 6.66. The number of hydrogen-bond acceptors (Lipinski definition) is 3. The lowest BCUT2D eigenvalue weighted by Crippen LogP contribution is -3.05. The van der Waals surface area contributed by atoms with Crippen molar-refractivity contribution in [3.05, 3.63) is 39.7 Å². The van der Waals surface area contributed by atoms with Crippen molar-refractivity contribution in [2.24, 2.45) is 0 Å². The Bertz CT molecular complexity index is 839. The Hall–Kier alpha value is -2.34. The Morgan fingerprint density at radius 3 is 2.92 bits per heavy atom. The highest BCUT2D eigenvalue weighted by Gasteiger charge is 2.24. The van der Waals surface area contributed by atoms with Gasteiger partial charge in [0.15, 0.2) is 0 Å². The van der Waals surface area contributed by atoms with E-state index in [0.29, 0.717) is 18.5 Å². The number of nitrogens with one attached hydrogen (secondary N) is 2. The lowest BCUT2D eigenvalue weighted by molar-refractivity contribution is -0.858. The predicted molar refractivity (Wildman–Crippen MR) is 92.8 cm³/mol. The van der Waals surface area contributed by atoms with Crippen LogP contribution in [0.25, 0.3) is 10.9 Å². The van der Waals surface area contributed by atoms with Crippen molar-refractivity contribution in [3.63, 3.8) is 0 Å².